The summed E-state index contributed by atoms with van der Waals surface area (Å²) in [7, 11) is -1.22. The van der Waals surface area contributed by atoms with E-state index in [0.717, 1.165) is 0 Å². The Morgan fingerprint density at radius 1 is 0.914 bits per heavy atom. The van der Waals surface area contributed by atoms with Gasteiger partial charge in [0.1, 0.15) is 30.5 Å². The van der Waals surface area contributed by atoms with Gasteiger partial charge in [0, 0.05) is 23.1 Å². The fraction of sp³-hybridized carbons (Fsp3) is 0.452. The Labute approximate surface area is 339 Å². The Morgan fingerprint density at radius 2 is 1.59 bits per heavy atom. The zero-order valence-corrected chi connectivity index (χ0v) is 35.0. The number of alkyl carbamates (subject to hydrolysis) is 1. The summed E-state index contributed by atoms with van der Waals surface area (Å²) < 4.78 is 17.9. The van der Waals surface area contributed by atoms with Crippen LogP contribution in [0.4, 0.5) is 10.5 Å². The first-order valence-corrected chi connectivity index (χ1v) is 21.6. The van der Waals surface area contributed by atoms with Gasteiger partial charge in [-0.3, -0.25) is 19.2 Å². The van der Waals surface area contributed by atoms with Crippen molar-refractivity contribution >= 4 is 43.7 Å². The van der Waals surface area contributed by atoms with E-state index in [-0.39, 0.29) is 47.5 Å². The van der Waals surface area contributed by atoms with E-state index in [4.69, 9.17) is 19.6 Å². The smallest absolute Gasteiger partial charge is 0.408 e. The number of nitrogens with two attached hydrogens (primary N) is 1. The molecule has 8 N–H and O–H groups in total. The first kappa shape index (κ1) is 43.8. The maximum atomic E-state index is 14.2. The number of carbonyl (C=O) groups is 5. The molecule has 3 aromatic carbocycles. The third-order valence-electron chi connectivity index (χ3n) is 11.3. The summed E-state index contributed by atoms with van der Waals surface area (Å²) in [4.78, 5) is 68.0. The summed E-state index contributed by atoms with van der Waals surface area (Å²) in [5, 5.41) is 35.2. The average Bonchev–Trinajstić information content (AvgIpc) is 3.45. The largest absolute Gasteiger partial charge is 0.496 e. The van der Waals surface area contributed by atoms with Crippen molar-refractivity contribution in [2.45, 2.75) is 107 Å². The number of ether oxygens (including phenoxy) is 2. The number of aliphatic hydroxyl groups is 2. The van der Waals surface area contributed by atoms with E-state index in [9.17, 15) is 34.2 Å². The molecule has 0 saturated heterocycles. The number of primary amides is 1. The zero-order chi connectivity index (χ0) is 42.5. The van der Waals surface area contributed by atoms with Crippen LogP contribution in [0.2, 0.25) is 16.6 Å². The molecule has 0 fully saturated rings. The van der Waals surface area contributed by atoms with Crippen LogP contribution < -0.4 is 31.7 Å². The number of rotatable bonds is 12. The molecule has 16 heteroatoms. The second-order valence-electron chi connectivity index (χ2n) is 15.9. The Balaban J connectivity index is 1.64. The molecule has 0 unspecified atom stereocenters. The molecule has 2 aliphatic heterocycles. The third kappa shape index (κ3) is 8.89. The number of anilines is 1. The number of carbonyl (C=O) groups excluding carboxylic acids is 5. The molecule has 312 valence electrons. The van der Waals surface area contributed by atoms with Crippen LogP contribution in [-0.4, -0.2) is 86.2 Å². The van der Waals surface area contributed by atoms with Gasteiger partial charge in [0.25, 0.3) is 5.91 Å². The molecule has 15 nitrogen and oxygen atoms in total. The average molecular weight is 818 g/mol. The van der Waals surface area contributed by atoms with Gasteiger partial charge >= 0.3 is 6.09 Å². The predicted octanol–water partition coefficient (Wildman–Crippen LogP) is 3.75. The highest BCUT2D eigenvalue weighted by atomic mass is 28.4. The minimum absolute atomic E-state index is 0.0454. The lowest BCUT2D eigenvalue weighted by atomic mass is 9.84. The van der Waals surface area contributed by atoms with Gasteiger partial charge in [-0.1, -0.05) is 96.1 Å². The van der Waals surface area contributed by atoms with E-state index in [1.807, 2.05) is 6.07 Å². The molecule has 0 aromatic heterocycles. The first-order valence-electron chi connectivity index (χ1n) is 19.5. The van der Waals surface area contributed by atoms with Crippen LogP contribution in [0.25, 0.3) is 11.1 Å². The van der Waals surface area contributed by atoms with Crippen molar-refractivity contribution in [2.24, 2.45) is 5.73 Å². The standard InChI is InChI=1S/C42H55N5O10Si/c1-23(2)58(24(3)4,25(5)6)57-22-33-37(49)42(54)30-15-11-14-28(36(30)47-40(42)52)29-18-27(16-17-34(29)55-7)19-31(38(50)44-32(20-35(43)48)39(51)45-33)46-41(53)56-21-26-12-9-8-10-13-26/h8-18,23-25,31-33,37,49,54H,19-22H2,1-7H3,(H2,43,48)(H,44,50)(H,45,51)(H,46,53)(H,47,52)/t31-,32-,33+,37+,42+/m0/s1. The molecule has 5 atom stereocenters. The minimum atomic E-state index is -2.69. The number of hydrogen-bond acceptors (Lipinski definition) is 10. The lowest BCUT2D eigenvalue weighted by Gasteiger charge is -2.44. The van der Waals surface area contributed by atoms with Gasteiger partial charge in [-0.25, -0.2) is 4.79 Å². The molecule has 5 amide bonds. The minimum Gasteiger partial charge on any atom is -0.496 e. The molecule has 2 heterocycles. The number of para-hydroxylation sites is 1. The van der Waals surface area contributed by atoms with E-state index < -0.39 is 74.3 Å². The molecule has 0 aliphatic carbocycles. The predicted molar refractivity (Wildman–Crippen MR) is 219 cm³/mol. The van der Waals surface area contributed by atoms with Crippen LogP contribution in [0, 0.1) is 0 Å². The molecule has 2 aliphatic rings. The van der Waals surface area contributed by atoms with Crippen molar-refractivity contribution in [3.63, 3.8) is 0 Å². The number of amides is 5. The van der Waals surface area contributed by atoms with Crippen LogP contribution in [0.15, 0.2) is 66.7 Å². The van der Waals surface area contributed by atoms with Crippen LogP contribution >= 0.6 is 0 Å². The van der Waals surface area contributed by atoms with Gasteiger partial charge in [0.15, 0.2) is 13.9 Å². The highest BCUT2D eigenvalue weighted by Gasteiger charge is 2.55. The molecule has 3 aromatic rings. The topological polar surface area (TPSA) is 228 Å². The fourth-order valence-electron chi connectivity index (χ4n) is 8.50. The number of fused-ring (bicyclic) bond motifs is 3. The Kier molecular flexibility index (Phi) is 13.7. The Bertz CT molecular complexity index is 1990. The van der Waals surface area contributed by atoms with Gasteiger partial charge < -0.3 is 51.1 Å². The van der Waals surface area contributed by atoms with Gasteiger partial charge in [-0.05, 0) is 39.9 Å². The second-order valence-corrected chi connectivity index (χ2v) is 21.3. The molecule has 58 heavy (non-hydrogen) atoms. The van der Waals surface area contributed by atoms with Crippen molar-refractivity contribution in [3.05, 3.63) is 83.4 Å². The van der Waals surface area contributed by atoms with Gasteiger partial charge in [-0.15, -0.1) is 0 Å². The lowest BCUT2D eigenvalue weighted by molar-refractivity contribution is -0.153. The van der Waals surface area contributed by atoms with Crippen molar-refractivity contribution in [3.8, 4) is 16.9 Å². The van der Waals surface area contributed by atoms with Crippen LogP contribution in [0.3, 0.4) is 0 Å². The van der Waals surface area contributed by atoms with E-state index in [1.54, 1.807) is 54.6 Å². The van der Waals surface area contributed by atoms with Crippen LogP contribution in [-0.2, 0) is 47.0 Å². The van der Waals surface area contributed by atoms with Crippen molar-refractivity contribution in [1.82, 2.24) is 16.0 Å². The molecule has 6 bridgehead atoms. The lowest BCUT2D eigenvalue weighted by Crippen LogP contribution is -2.63. The molecular weight excluding hydrogens is 763 g/mol. The van der Waals surface area contributed by atoms with Crippen molar-refractivity contribution < 1.29 is 48.1 Å². The SMILES string of the molecule is COc1ccc2cc1-c1cccc3c1NC(=O)[C@]3(O)[C@H](O)[C@@H](CO[Si](C(C)C)(C(C)C)C(C)C)NC(=O)[C@H](CC(N)=O)NC(=O)[C@@H](NC(=O)OCc1ccccc1)C2. The number of methoxy groups -OCH3 is 1. The zero-order valence-electron chi connectivity index (χ0n) is 34.0. The number of benzene rings is 3. The molecule has 0 saturated carbocycles. The third-order valence-corrected chi connectivity index (χ3v) is 17.4. The van der Waals surface area contributed by atoms with Gasteiger partial charge in [0.2, 0.25) is 17.7 Å². The normalized spacial score (nSPS) is 22.3. The highest BCUT2D eigenvalue weighted by Crippen LogP contribution is 2.47. The summed E-state index contributed by atoms with van der Waals surface area (Å²) in [5.74, 6) is -3.29. The summed E-state index contributed by atoms with van der Waals surface area (Å²) in [6.07, 6.45) is -3.72. The summed E-state index contributed by atoms with van der Waals surface area (Å²) >= 11 is 0. The second kappa shape index (κ2) is 18.1. The Hall–Kier alpha value is -5.29. The van der Waals surface area contributed by atoms with Crippen molar-refractivity contribution in [1.29, 1.82) is 0 Å². The maximum Gasteiger partial charge on any atom is 0.408 e. The van der Waals surface area contributed by atoms with E-state index in [2.05, 4.69) is 62.8 Å². The van der Waals surface area contributed by atoms with E-state index in [1.165, 1.54) is 13.2 Å². The van der Waals surface area contributed by atoms with E-state index in [0.29, 0.717) is 28.0 Å². The number of aliphatic hydroxyl groups excluding tert-OH is 1. The molecular formula is C42H55N5O10Si. The Morgan fingerprint density at radius 3 is 2.21 bits per heavy atom. The van der Waals surface area contributed by atoms with Crippen molar-refractivity contribution in [2.75, 3.05) is 19.0 Å². The van der Waals surface area contributed by atoms with Gasteiger partial charge in [0.05, 0.1) is 31.9 Å². The summed E-state index contributed by atoms with van der Waals surface area (Å²) in [6, 6.07) is 14.4. The highest BCUT2D eigenvalue weighted by molar-refractivity contribution is 6.77. The fourth-order valence-corrected chi connectivity index (χ4v) is 14.0. The monoisotopic (exact) mass is 817 g/mol. The molecule has 0 radical (unpaired) electrons. The maximum absolute atomic E-state index is 14.2. The first-order chi connectivity index (χ1) is 27.4. The van der Waals surface area contributed by atoms with Gasteiger partial charge in [-0.2, -0.15) is 0 Å². The summed E-state index contributed by atoms with van der Waals surface area (Å²) in [6.45, 7) is 11.9. The molecule has 0 spiro atoms. The summed E-state index contributed by atoms with van der Waals surface area (Å²) in [5.41, 5.74) is 5.62. The number of hydrogen-bond donors (Lipinski definition) is 7. The van der Waals surface area contributed by atoms with Crippen LogP contribution in [0.1, 0.15) is 64.7 Å². The quantitative estimate of drug-likeness (QED) is 0.131. The molecule has 5 rings (SSSR count). The number of nitrogens with one attached hydrogen (secondary N) is 4. The van der Waals surface area contributed by atoms with Crippen LogP contribution in [0.5, 0.6) is 5.75 Å². The van der Waals surface area contributed by atoms with E-state index >= 15 is 0 Å².